The molecule has 0 saturated carbocycles. The maximum absolute atomic E-state index is 9.16. The Morgan fingerprint density at radius 1 is 0.955 bits per heavy atom. The van der Waals surface area contributed by atoms with Crippen molar-refractivity contribution in [2.24, 2.45) is 0 Å². The third kappa shape index (κ3) is 3.21. The van der Waals surface area contributed by atoms with Crippen LogP contribution in [0.2, 0.25) is 0 Å². The van der Waals surface area contributed by atoms with Crippen LogP contribution in [-0.2, 0) is 13.1 Å². The van der Waals surface area contributed by atoms with E-state index in [1.54, 1.807) is 24.5 Å². The molecule has 0 aliphatic heterocycles. The fourth-order valence-corrected chi connectivity index (χ4v) is 1.91. The van der Waals surface area contributed by atoms with Crippen LogP contribution in [0.15, 0.2) is 36.7 Å². The van der Waals surface area contributed by atoms with Crippen molar-refractivity contribution in [2.45, 2.75) is 13.1 Å². The van der Waals surface area contributed by atoms with E-state index in [9.17, 15) is 0 Å². The van der Waals surface area contributed by atoms with Crippen molar-refractivity contribution in [2.75, 3.05) is 10.6 Å². The minimum Gasteiger partial charge on any atom is -0.364 e. The first-order chi connectivity index (χ1) is 10.8. The number of hydrogen-bond donors (Lipinski definition) is 4. The first-order valence-corrected chi connectivity index (χ1v) is 6.70. The van der Waals surface area contributed by atoms with E-state index in [1.165, 1.54) is 0 Å². The lowest BCUT2D eigenvalue weighted by Gasteiger charge is -2.09. The van der Waals surface area contributed by atoms with E-state index in [0.717, 1.165) is 11.4 Å². The predicted molar refractivity (Wildman–Crippen MR) is 80.8 cm³/mol. The molecule has 0 atom stereocenters. The highest BCUT2D eigenvalue weighted by molar-refractivity contribution is 5.56. The summed E-state index contributed by atoms with van der Waals surface area (Å²) in [5.41, 5.74) is 2.37. The smallest absolute Gasteiger partial charge is 0.146 e. The topological polar surface area (TPSA) is 118 Å². The molecule has 3 rings (SSSR count). The monoisotopic (exact) mass is 294 g/mol. The zero-order chi connectivity index (χ0) is 15.2. The number of nitriles is 1. The molecule has 0 aromatic carbocycles. The van der Waals surface area contributed by atoms with Crippen molar-refractivity contribution in [1.29, 1.82) is 5.26 Å². The highest BCUT2D eigenvalue weighted by atomic mass is 15.1. The normalized spacial score (nSPS) is 10.1. The Morgan fingerprint density at radius 3 is 2.23 bits per heavy atom. The Morgan fingerprint density at radius 2 is 1.64 bits per heavy atom. The lowest BCUT2D eigenvalue weighted by Crippen LogP contribution is -2.07. The maximum atomic E-state index is 9.16. The van der Waals surface area contributed by atoms with Crippen molar-refractivity contribution < 1.29 is 0 Å². The fourth-order valence-electron chi connectivity index (χ4n) is 1.91. The minimum atomic E-state index is 0.492. The fraction of sp³-hybridized carbons (Fsp3) is 0.143. The molecule has 3 heterocycles. The summed E-state index contributed by atoms with van der Waals surface area (Å²) in [5.74, 6) is 1.22. The zero-order valence-electron chi connectivity index (χ0n) is 11.7. The number of aromatic nitrogens is 5. The van der Waals surface area contributed by atoms with Crippen molar-refractivity contribution >= 4 is 11.6 Å². The summed E-state index contributed by atoms with van der Waals surface area (Å²) in [7, 11) is 0. The summed E-state index contributed by atoms with van der Waals surface area (Å²) >= 11 is 0. The lowest BCUT2D eigenvalue weighted by molar-refractivity contribution is 0.963. The summed E-state index contributed by atoms with van der Waals surface area (Å²) in [5, 5.41) is 29.0. The number of nitrogens with zero attached hydrogens (tertiary/aromatic N) is 4. The largest absolute Gasteiger partial charge is 0.364 e. The van der Waals surface area contributed by atoms with Gasteiger partial charge >= 0.3 is 0 Å². The first kappa shape index (κ1) is 13.6. The molecule has 3 aromatic rings. The summed E-state index contributed by atoms with van der Waals surface area (Å²) in [6.07, 6.45) is 3.37. The molecule has 4 N–H and O–H groups in total. The van der Waals surface area contributed by atoms with E-state index in [1.807, 2.05) is 12.1 Å². The number of aromatic amines is 2. The van der Waals surface area contributed by atoms with Gasteiger partial charge in [-0.15, -0.1) is 0 Å². The molecule has 0 bridgehead atoms. The summed E-state index contributed by atoms with van der Waals surface area (Å²) < 4.78 is 0. The first-order valence-electron chi connectivity index (χ1n) is 6.70. The average Bonchev–Trinajstić information content (AvgIpc) is 3.24. The van der Waals surface area contributed by atoms with Crippen molar-refractivity contribution in [1.82, 2.24) is 25.4 Å². The van der Waals surface area contributed by atoms with Gasteiger partial charge < -0.3 is 10.6 Å². The van der Waals surface area contributed by atoms with Crippen LogP contribution in [0.25, 0.3) is 0 Å². The molecule has 22 heavy (non-hydrogen) atoms. The molecule has 0 spiro atoms. The molecule has 110 valence electrons. The van der Waals surface area contributed by atoms with Crippen molar-refractivity contribution in [3.63, 3.8) is 0 Å². The van der Waals surface area contributed by atoms with Gasteiger partial charge in [-0.1, -0.05) is 0 Å². The van der Waals surface area contributed by atoms with E-state index in [0.29, 0.717) is 30.3 Å². The molecule has 8 nitrogen and oxygen atoms in total. The Bertz CT molecular complexity index is 755. The molecule has 0 aliphatic carbocycles. The van der Waals surface area contributed by atoms with Gasteiger partial charge in [-0.25, -0.2) is 4.98 Å². The molecule has 0 saturated heterocycles. The van der Waals surface area contributed by atoms with Crippen LogP contribution >= 0.6 is 0 Å². The molecule has 0 radical (unpaired) electrons. The summed E-state index contributed by atoms with van der Waals surface area (Å²) in [6.45, 7) is 1.10. The van der Waals surface area contributed by atoms with Gasteiger partial charge in [0, 0.05) is 12.4 Å². The molecule has 0 amide bonds. The van der Waals surface area contributed by atoms with Gasteiger partial charge in [0.25, 0.3) is 0 Å². The third-order valence-electron chi connectivity index (χ3n) is 3.04. The van der Waals surface area contributed by atoms with E-state index in [2.05, 4.69) is 42.1 Å². The number of rotatable bonds is 6. The average molecular weight is 294 g/mol. The highest BCUT2D eigenvalue weighted by Gasteiger charge is 2.06. The van der Waals surface area contributed by atoms with Crippen LogP contribution < -0.4 is 10.6 Å². The molecular weight excluding hydrogens is 280 g/mol. The Kier molecular flexibility index (Phi) is 3.97. The molecular formula is C14H14N8. The second kappa shape index (κ2) is 6.41. The van der Waals surface area contributed by atoms with Crippen LogP contribution in [0.3, 0.4) is 0 Å². The van der Waals surface area contributed by atoms with Gasteiger partial charge in [0.1, 0.15) is 17.7 Å². The number of hydrogen-bond acceptors (Lipinski definition) is 6. The second-order valence-corrected chi connectivity index (χ2v) is 4.58. The van der Waals surface area contributed by atoms with Gasteiger partial charge in [0.2, 0.25) is 0 Å². The standard InChI is InChI=1S/C14H14N8/c15-7-10-1-2-13(16-8-11-3-5-18-21-11)20-14(10)17-9-12-4-6-19-22-12/h1-6H,8-9H2,(H,18,21)(H,19,22)(H2,16,17,20). The maximum Gasteiger partial charge on any atom is 0.146 e. The quantitative estimate of drug-likeness (QED) is 0.548. The summed E-state index contributed by atoms with van der Waals surface area (Å²) in [4.78, 5) is 4.43. The molecule has 8 heteroatoms. The van der Waals surface area contributed by atoms with E-state index in [4.69, 9.17) is 5.26 Å². The highest BCUT2D eigenvalue weighted by Crippen LogP contribution is 2.16. The number of nitrogens with one attached hydrogen (secondary N) is 4. The molecule has 0 unspecified atom stereocenters. The zero-order valence-corrected chi connectivity index (χ0v) is 11.7. The van der Waals surface area contributed by atoms with Crippen molar-refractivity contribution in [3.05, 3.63) is 53.6 Å². The minimum absolute atomic E-state index is 0.492. The Labute approximate surface area is 126 Å². The van der Waals surface area contributed by atoms with E-state index in [-0.39, 0.29) is 0 Å². The third-order valence-corrected chi connectivity index (χ3v) is 3.04. The number of H-pyrrole nitrogens is 2. The van der Waals surface area contributed by atoms with Gasteiger partial charge in [-0.2, -0.15) is 15.5 Å². The second-order valence-electron chi connectivity index (χ2n) is 4.58. The molecule has 0 fully saturated rings. The molecule has 3 aromatic heterocycles. The van der Waals surface area contributed by atoms with Gasteiger partial charge in [-0.05, 0) is 24.3 Å². The van der Waals surface area contributed by atoms with Crippen LogP contribution in [0.5, 0.6) is 0 Å². The number of pyridine rings is 1. The number of anilines is 2. The Hall–Kier alpha value is -3.34. The SMILES string of the molecule is N#Cc1ccc(NCc2ccn[nH]2)nc1NCc1ccn[nH]1. The van der Waals surface area contributed by atoms with Gasteiger partial charge in [0.15, 0.2) is 0 Å². The predicted octanol–water partition coefficient (Wildman–Crippen LogP) is 1.62. The van der Waals surface area contributed by atoms with E-state index >= 15 is 0 Å². The van der Waals surface area contributed by atoms with Crippen LogP contribution in [0.1, 0.15) is 17.0 Å². The Balaban J connectivity index is 1.70. The summed E-state index contributed by atoms with van der Waals surface area (Å²) in [6, 6.07) is 9.38. The van der Waals surface area contributed by atoms with E-state index < -0.39 is 0 Å². The van der Waals surface area contributed by atoms with Crippen molar-refractivity contribution in [3.8, 4) is 6.07 Å². The van der Waals surface area contributed by atoms with Gasteiger partial charge in [-0.3, -0.25) is 10.2 Å². The van der Waals surface area contributed by atoms with Crippen LogP contribution in [0.4, 0.5) is 11.6 Å². The van der Waals surface area contributed by atoms with Crippen LogP contribution in [0, 0.1) is 11.3 Å². The lowest BCUT2D eigenvalue weighted by atomic mass is 10.2. The van der Waals surface area contributed by atoms with Gasteiger partial charge in [0.05, 0.1) is 30.0 Å². The van der Waals surface area contributed by atoms with Crippen LogP contribution in [-0.4, -0.2) is 25.4 Å². The molecule has 0 aliphatic rings.